The fraction of sp³-hybridized carbons (Fsp3) is 0.909. The summed E-state index contributed by atoms with van der Waals surface area (Å²) in [6, 6.07) is 0. The van der Waals surface area contributed by atoms with Gasteiger partial charge in [-0.3, -0.25) is 0 Å². The zero-order valence-corrected chi connectivity index (χ0v) is 11.0. The molecule has 0 aliphatic carbocycles. The molecule has 0 bridgehead atoms. The van der Waals surface area contributed by atoms with Gasteiger partial charge in [-0.2, -0.15) is 8.78 Å². The lowest BCUT2D eigenvalue weighted by Gasteiger charge is -2.32. The second-order valence-corrected chi connectivity index (χ2v) is 5.25. The van der Waals surface area contributed by atoms with Crippen molar-refractivity contribution in [2.24, 2.45) is 5.41 Å². The van der Waals surface area contributed by atoms with Crippen LogP contribution in [0.25, 0.3) is 0 Å². The third-order valence-electron chi connectivity index (χ3n) is 2.17. The molecule has 0 radical (unpaired) electrons. The first kappa shape index (κ1) is 15.7. The van der Waals surface area contributed by atoms with Gasteiger partial charge in [-0.15, -0.1) is 0 Å². The maximum atomic E-state index is 13.6. The second kappa shape index (κ2) is 5.87. The Morgan fingerprint density at radius 1 is 1.38 bits per heavy atom. The number of rotatable bonds is 5. The van der Waals surface area contributed by atoms with Crippen LogP contribution in [-0.4, -0.2) is 28.8 Å². The Kier molecular flexibility index (Phi) is 5.76. The summed E-state index contributed by atoms with van der Waals surface area (Å²) in [5.74, 6) is -3.48. The van der Waals surface area contributed by atoms with Gasteiger partial charge in [0, 0.05) is 0 Å². The van der Waals surface area contributed by atoms with Crippen molar-refractivity contribution in [2.75, 3.05) is 6.61 Å². The number of ether oxygens (including phenoxy) is 1. The number of halogens is 2. The molecule has 0 amide bonds. The van der Waals surface area contributed by atoms with Crippen LogP contribution in [0.1, 0.15) is 40.5 Å². The Morgan fingerprint density at radius 2 is 1.88 bits per heavy atom. The molecule has 0 saturated carbocycles. The highest BCUT2D eigenvalue weighted by atomic mass is 32.1. The van der Waals surface area contributed by atoms with E-state index >= 15 is 0 Å². The predicted molar refractivity (Wildman–Crippen MR) is 63.9 cm³/mol. The van der Waals surface area contributed by atoms with E-state index in [1.54, 1.807) is 0 Å². The lowest BCUT2D eigenvalue weighted by Crippen LogP contribution is -2.48. The molecule has 0 heterocycles. The van der Waals surface area contributed by atoms with Crippen LogP contribution in [0.5, 0.6) is 0 Å². The van der Waals surface area contributed by atoms with Crippen LogP contribution in [0.4, 0.5) is 8.78 Å². The SMILES string of the molecule is CCCCOC(=S)C(F)(F)C(O)C(C)(C)C. The van der Waals surface area contributed by atoms with E-state index in [2.05, 4.69) is 12.2 Å². The highest BCUT2D eigenvalue weighted by molar-refractivity contribution is 7.80. The van der Waals surface area contributed by atoms with E-state index in [4.69, 9.17) is 4.74 Å². The fourth-order valence-electron chi connectivity index (χ4n) is 1.06. The number of hydrogen-bond acceptors (Lipinski definition) is 3. The Morgan fingerprint density at radius 3 is 2.25 bits per heavy atom. The summed E-state index contributed by atoms with van der Waals surface area (Å²) in [6.45, 7) is 6.68. The minimum atomic E-state index is -3.48. The molecule has 0 rings (SSSR count). The maximum absolute atomic E-state index is 13.6. The summed E-state index contributed by atoms with van der Waals surface area (Å²) in [7, 11) is 0. The molecule has 16 heavy (non-hydrogen) atoms. The minimum Gasteiger partial charge on any atom is -0.482 e. The average Bonchev–Trinajstić information content (AvgIpc) is 2.15. The van der Waals surface area contributed by atoms with Gasteiger partial charge in [0.05, 0.1) is 6.61 Å². The normalized spacial score (nSPS) is 14.7. The third kappa shape index (κ3) is 4.29. The molecule has 1 N–H and O–H groups in total. The summed E-state index contributed by atoms with van der Waals surface area (Å²) in [5, 5.41) is 8.71. The van der Waals surface area contributed by atoms with Gasteiger partial charge in [-0.05, 0) is 24.1 Å². The molecule has 5 heteroatoms. The molecule has 96 valence electrons. The largest absolute Gasteiger partial charge is 0.482 e. The molecule has 1 atom stereocenters. The van der Waals surface area contributed by atoms with E-state index in [9.17, 15) is 13.9 Å². The number of alkyl halides is 2. The van der Waals surface area contributed by atoms with Crippen LogP contribution in [-0.2, 0) is 4.74 Å². The molecule has 0 aromatic heterocycles. The second-order valence-electron chi connectivity index (χ2n) is 4.88. The summed E-state index contributed by atoms with van der Waals surface area (Å²) in [6.07, 6.45) is -0.327. The van der Waals surface area contributed by atoms with E-state index < -0.39 is 22.5 Å². The van der Waals surface area contributed by atoms with Gasteiger partial charge >= 0.3 is 5.92 Å². The number of thiocarbonyl (C=S) groups is 1. The van der Waals surface area contributed by atoms with Gasteiger partial charge in [0.1, 0.15) is 6.10 Å². The molecule has 0 saturated heterocycles. The van der Waals surface area contributed by atoms with Gasteiger partial charge in [-0.1, -0.05) is 34.1 Å². The van der Waals surface area contributed by atoms with Crippen LogP contribution in [0.2, 0.25) is 0 Å². The van der Waals surface area contributed by atoms with Crippen LogP contribution in [0.3, 0.4) is 0 Å². The quantitative estimate of drug-likeness (QED) is 0.603. The number of hydrogen-bond donors (Lipinski definition) is 1. The van der Waals surface area contributed by atoms with Gasteiger partial charge < -0.3 is 9.84 Å². The summed E-state index contributed by atoms with van der Waals surface area (Å²) >= 11 is 4.52. The first-order valence-corrected chi connectivity index (χ1v) is 5.78. The molecule has 2 nitrogen and oxygen atoms in total. The van der Waals surface area contributed by atoms with E-state index in [0.717, 1.165) is 6.42 Å². The Bertz CT molecular complexity index is 237. The first-order valence-electron chi connectivity index (χ1n) is 5.37. The van der Waals surface area contributed by atoms with E-state index in [0.29, 0.717) is 6.42 Å². The Hall–Kier alpha value is -0.290. The lowest BCUT2D eigenvalue weighted by molar-refractivity contribution is -0.112. The minimum absolute atomic E-state index is 0.168. The molecule has 0 aliphatic rings. The van der Waals surface area contributed by atoms with Crippen molar-refractivity contribution < 1.29 is 18.6 Å². The highest BCUT2D eigenvalue weighted by Crippen LogP contribution is 2.33. The van der Waals surface area contributed by atoms with Crippen LogP contribution in [0, 0.1) is 5.41 Å². The molecule has 1 unspecified atom stereocenters. The summed E-state index contributed by atoms with van der Waals surface area (Å²) < 4.78 is 32.0. The van der Waals surface area contributed by atoms with E-state index in [1.807, 2.05) is 6.92 Å². The predicted octanol–water partition coefficient (Wildman–Crippen LogP) is 3.17. The monoisotopic (exact) mass is 254 g/mol. The van der Waals surface area contributed by atoms with Crippen LogP contribution in [0.15, 0.2) is 0 Å². The summed E-state index contributed by atoms with van der Waals surface area (Å²) in [5.41, 5.74) is -0.943. The van der Waals surface area contributed by atoms with Crippen molar-refractivity contribution in [1.82, 2.24) is 0 Å². The molecular formula is C11H20F2O2S. The number of aliphatic hydroxyl groups excluding tert-OH is 1. The highest BCUT2D eigenvalue weighted by Gasteiger charge is 2.50. The average molecular weight is 254 g/mol. The van der Waals surface area contributed by atoms with Crippen LogP contribution < -0.4 is 0 Å². The van der Waals surface area contributed by atoms with Crippen molar-refractivity contribution in [1.29, 1.82) is 0 Å². The maximum Gasteiger partial charge on any atom is 0.340 e. The molecular weight excluding hydrogens is 234 g/mol. The van der Waals surface area contributed by atoms with Crippen molar-refractivity contribution in [2.45, 2.75) is 52.6 Å². The third-order valence-corrected chi connectivity index (χ3v) is 2.56. The molecule has 0 aliphatic heterocycles. The lowest BCUT2D eigenvalue weighted by atomic mass is 9.85. The number of unbranched alkanes of at least 4 members (excludes halogenated alkanes) is 1. The zero-order chi connectivity index (χ0) is 13.0. The van der Waals surface area contributed by atoms with E-state index in [-0.39, 0.29) is 6.61 Å². The summed E-state index contributed by atoms with van der Waals surface area (Å²) in [4.78, 5) is 0. The number of aliphatic hydroxyl groups is 1. The van der Waals surface area contributed by atoms with Crippen molar-refractivity contribution in [3.63, 3.8) is 0 Å². The van der Waals surface area contributed by atoms with Crippen molar-refractivity contribution >= 4 is 17.3 Å². The fourth-order valence-corrected chi connectivity index (χ4v) is 1.26. The Labute approximate surface area is 101 Å². The standard InChI is InChI=1S/C11H20F2O2S/c1-5-6-7-15-9(16)11(12,13)8(14)10(2,3)4/h8,14H,5-7H2,1-4H3. The first-order chi connectivity index (χ1) is 7.14. The van der Waals surface area contributed by atoms with Gasteiger partial charge in [0.25, 0.3) is 0 Å². The van der Waals surface area contributed by atoms with Crippen molar-refractivity contribution in [3.05, 3.63) is 0 Å². The smallest absolute Gasteiger partial charge is 0.340 e. The molecule has 0 aromatic carbocycles. The van der Waals surface area contributed by atoms with Crippen molar-refractivity contribution in [3.8, 4) is 0 Å². The van der Waals surface area contributed by atoms with Crippen LogP contribution >= 0.6 is 12.2 Å². The van der Waals surface area contributed by atoms with Gasteiger partial charge in [0.15, 0.2) is 0 Å². The zero-order valence-electron chi connectivity index (χ0n) is 10.2. The van der Waals surface area contributed by atoms with Gasteiger partial charge in [0.2, 0.25) is 5.05 Å². The Balaban J connectivity index is 4.47. The molecule has 0 aromatic rings. The molecule has 0 spiro atoms. The van der Waals surface area contributed by atoms with E-state index in [1.165, 1.54) is 20.8 Å². The topological polar surface area (TPSA) is 29.5 Å². The molecule has 0 fully saturated rings. The van der Waals surface area contributed by atoms with Gasteiger partial charge in [-0.25, -0.2) is 0 Å².